The molecule has 0 fully saturated rings. The van der Waals surface area contributed by atoms with Gasteiger partial charge in [-0.25, -0.2) is 0 Å². The molecule has 0 N–H and O–H groups in total. The summed E-state index contributed by atoms with van der Waals surface area (Å²) in [5.74, 6) is 0. The number of fused-ring (bicyclic) bond motifs is 1. The van der Waals surface area contributed by atoms with Gasteiger partial charge in [0.2, 0.25) is 0 Å². The third-order valence-corrected chi connectivity index (χ3v) is 3.79. The first-order valence-electron chi connectivity index (χ1n) is 6.98. The number of hydrogen-bond acceptors (Lipinski definition) is 2. The second-order valence-electron chi connectivity index (χ2n) is 5.70. The van der Waals surface area contributed by atoms with Crippen molar-refractivity contribution in [3.05, 3.63) is 66.4 Å². The van der Waals surface area contributed by atoms with Crippen molar-refractivity contribution < 1.29 is 0 Å². The lowest BCUT2D eigenvalue weighted by atomic mass is 9.83. The van der Waals surface area contributed by atoms with E-state index in [-0.39, 0.29) is 0 Å². The van der Waals surface area contributed by atoms with Crippen molar-refractivity contribution in [2.45, 2.75) is 19.3 Å². The monoisotopic (exact) mass is 272 g/mol. The lowest BCUT2D eigenvalue weighted by Crippen LogP contribution is -2.14. The van der Waals surface area contributed by atoms with Crippen molar-refractivity contribution in [1.82, 2.24) is 4.98 Å². The Morgan fingerprint density at radius 2 is 1.76 bits per heavy atom. The van der Waals surface area contributed by atoms with Crippen LogP contribution in [0.1, 0.15) is 19.4 Å². The lowest BCUT2D eigenvalue weighted by Gasteiger charge is -2.18. The molecule has 0 spiro atoms. The van der Waals surface area contributed by atoms with Crippen molar-refractivity contribution in [3.8, 4) is 17.2 Å². The first kappa shape index (κ1) is 13.3. The minimum Gasteiger partial charge on any atom is -0.256 e. The van der Waals surface area contributed by atoms with Crippen LogP contribution < -0.4 is 0 Å². The summed E-state index contributed by atoms with van der Waals surface area (Å²) < 4.78 is 0. The summed E-state index contributed by atoms with van der Waals surface area (Å²) in [6.07, 6.45) is 1.81. The average Bonchev–Trinajstić information content (AvgIpc) is 2.54. The summed E-state index contributed by atoms with van der Waals surface area (Å²) in [7, 11) is 0. The van der Waals surface area contributed by atoms with E-state index in [9.17, 15) is 5.26 Å². The Hall–Kier alpha value is -2.66. The van der Waals surface area contributed by atoms with E-state index in [0.29, 0.717) is 0 Å². The lowest BCUT2D eigenvalue weighted by molar-refractivity contribution is 0.688. The zero-order chi connectivity index (χ0) is 14.9. The number of nitrogens with zero attached hydrogens (tertiary/aromatic N) is 2. The van der Waals surface area contributed by atoms with Crippen molar-refractivity contribution in [2.75, 3.05) is 0 Å². The van der Waals surface area contributed by atoms with E-state index in [1.165, 1.54) is 0 Å². The molecular formula is C19H16N2. The van der Waals surface area contributed by atoms with Crippen LogP contribution >= 0.6 is 0 Å². The molecule has 3 aromatic rings. The van der Waals surface area contributed by atoms with E-state index < -0.39 is 5.41 Å². The summed E-state index contributed by atoms with van der Waals surface area (Å²) in [6, 6.07) is 20.7. The zero-order valence-electron chi connectivity index (χ0n) is 12.2. The molecule has 1 heterocycles. The van der Waals surface area contributed by atoms with Gasteiger partial charge in [-0.15, -0.1) is 0 Å². The smallest absolute Gasteiger partial charge is 0.0780 e. The van der Waals surface area contributed by atoms with Gasteiger partial charge in [0.15, 0.2) is 0 Å². The van der Waals surface area contributed by atoms with Crippen LogP contribution in [0.25, 0.3) is 22.0 Å². The van der Waals surface area contributed by atoms with Crippen LogP contribution in [-0.2, 0) is 5.41 Å². The van der Waals surface area contributed by atoms with Gasteiger partial charge in [0.1, 0.15) is 0 Å². The van der Waals surface area contributed by atoms with Crippen LogP contribution in [0.5, 0.6) is 0 Å². The molecule has 2 heteroatoms. The van der Waals surface area contributed by atoms with Gasteiger partial charge in [-0.2, -0.15) is 5.26 Å². The molecule has 0 aliphatic heterocycles. The maximum Gasteiger partial charge on any atom is 0.0780 e. The van der Waals surface area contributed by atoms with Gasteiger partial charge >= 0.3 is 0 Å². The van der Waals surface area contributed by atoms with Crippen molar-refractivity contribution >= 4 is 10.9 Å². The number of aromatic nitrogens is 1. The topological polar surface area (TPSA) is 36.7 Å². The van der Waals surface area contributed by atoms with Crippen LogP contribution in [0.15, 0.2) is 60.8 Å². The molecule has 0 unspecified atom stereocenters. The first-order chi connectivity index (χ1) is 10.1. The number of pyridine rings is 1. The summed E-state index contributed by atoms with van der Waals surface area (Å²) in [5, 5.41) is 10.5. The molecule has 1 aromatic heterocycles. The molecular weight excluding hydrogens is 256 g/mol. The first-order valence-corrected chi connectivity index (χ1v) is 6.98. The second-order valence-corrected chi connectivity index (χ2v) is 5.70. The summed E-state index contributed by atoms with van der Waals surface area (Å²) in [4.78, 5) is 4.52. The highest BCUT2D eigenvalue weighted by Crippen LogP contribution is 2.33. The zero-order valence-corrected chi connectivity index (χ0v) is 12.2. The van der Waals surface area contributed by atoms with E-state index in [1.807, 2.05) is 50.4 Å². The second kappa shape index (κ2) is 5.03. The van der Waals surface area contributed by atoms with Crippen LogP contribution in [0.3, 0.4) is 0 Å². The van der Waals surface area contributed by atoms with E-state index in [1.54, 1.807) is 0 Å². The highest BCUT2D eigenvalue weighted by atomic mass is 14.6. The van der Waals surface area contributed by atoms with Gasteiger partial charge in [-0.3, -0.25) is 4.98 Å². The van der Waals surface area contributed by atoms with Crippen LogP contribution in [-0.4, -0.2) is 4.98 Å². The quantitative estimate of drug-likeness (QED) is 0.677. The molecule has 2 aromatic carbocycles. The van der Waals surface area contributed by atoms with Gasteiger partial charge < -0.3 is 0 Å². The highest BCUT2D eigenvalue weighted by Gasteiger charge is 2.21. The highest BCUT2D eigenvalue weighted by molar-refractivity contribution is 5.94. The van der Waals surface area contributed by atoms with Crippen molar-refractivity contribution in [1.29, 1.82) is 5.26 Å². The number of benzene rings is 2. The Bertz CT molecular complexity index is 827. The van der Waals surface area contributed by atoms with E-state index >= 15 is 0 Å². The van der Waals surface area contributed by atoms with Crippen LogP contribution in [0.2, 0.25) is 0 Å². The minimum atomic E-state index is -0.520. The molecule has 3 rings (SSSR count). The van der Waals surface area contributed by atoms with Gasteiger partial charge in [-0.1, -0.05) is 36.4 Å². The summed E-state index contributed by atoms with van der Waals surface area (Å²) >= 11 is 0. The maximum absolute atomic E-state index is 9.42. The standard InChI is InChI=1S/C19H16N2/c1-19(2,13-20)16-11-15-9-6-10-21-18(15)17(12-16)14-7-4-3-5-8-14/h3-12H,1-2H3. The largest absolute Gasteiger partial charge is 0.256 e. The predicted octanol–water partition coefficient (Wildman–Crippen LogP) is 4.70. The Kier molecular flexibility index (Phi) is 3.19. The SMILES string of the molecule is CC(C)(C#N)c1cc(-c2ccccc2)c2ncccc2c1. The Morgan fingerprint density at radius 1 is 1.00 bits per heavy atom. The molecule has 21 heavy (non-hydrogen) atoms. The van der Waals surface area contributed by atoms with E-state index in [0.717, 1.165) is 27.6 Å². The molecule has 0 radical (unpaired) electrons. The van der Waals surface area contributed by atoms with Crippen molar-refractivity contribution in [3.63, 3.8) is 0 Å². The normalized spacial score (nSPS) is 11.3. The molecule has 0 saturated heterocycles. The van der Waals surface area contributed by atoms with Crippen LogP contribution in [0, 0.1) is 11.3 Å². The third-order valence-electron chi connectivity index (χ3n) is 3.79. The molecule has 0 aliphatic carbocycles. The third kappa shape index (κ3) is 2.39. The van der Waals surface area contributed by atoms with Gasteiger partial charge in [0.05, 0.1) is 17.0 Å². The Labute approximate surface area is 124 Å². The Balaban J connectivity index is 2.35. The fraction of sp³-hybridized carbons (Fsp3) is 0.158. The summed E-state index contributed by atoms with van der Waals surface area (Å²) in [5.41, 5.74) is 3.67. The number of hydrogen-bond donors (Lipinski definition) is 0. The summed E-state index contributed by atoms with van der Waals surface area (Å²) in [6.45, 7) is 3.89. The predicted molar refractivity (Wildman–Crippen MR) is 85.8 cm³/mol. The maximum atomic E-state index is 9.42. The van der Waals surface area contributed by atoms with Crippen molar-refractivity contribution in [2.24, 2.45) is 0 Å². The molecule has 2 nitrogen and oxygen atoms in total. The molecule has 102 valence electrons. The molecule has 0 atom stereocenters. The average molecular weight is 272 g/mol. The molecule has 0 amide bonds. The van der Waals surface area contributed by atoms with Gasteiger partial charge in [0.25, 0.3) is 0 Å². The van der Waals surface area contributed by atoms with E-state index in [4.69, 9.17) is 0 Å². The van der Waals surface area contributed by atoms with Gasteiger partial charge in [-0.05, 0) is 43.2 Å². The molecule has 0 bridgehead atoms. The minimum absolute atomic E-state index is 0.520. The number of rotatable bonds is 2. The molecule has 0 saturated carbocycles. The van der Waals surface area contributed by atoms with Crippen LogP contribution in [0.4, 0.5) is 0 Å². The van der Waals surface area contributed by atoms with Gasteiger partial charge in [0, 0.05) is 17.1 Å². The fourth-order valence-corrected chi connectivity index (χ4v) is 2.46. The Morgan fingerprint density at radius 3 is 2.48 bits per heavy atom. The molecule has 0 aliphatic rings. The number of nitriles is 1. The van der Waals surface area contributed by atoms with E-state index in [2.05, 4.69) is 35.3 Å². The fourth-order valence-electron chi connectivity index (χ4n) is 2.46.